The largest absolute Gasteiger partial charge is 0.322 e. The summed E-state index contributed by atoms with van der Waals surface area (Å²) in [5.41, 5.74) is 2.52. The Morgan fingerprint density at radius 1 is 1.17 bits per heavy atom. The SMILES string of the molecule is Cc1cccc(C(=O)Nc2ccc(Cl)cc2)c1I. The summed E-state index contributed by atoms with van der Waals surface area (Å²) in [5.74, 6) is -0.106. The zero-order valence-electron chi connectivity index (χ0n) is 9.71. The first-order valence-corrected chi connectivity index (χ1v) is 6.85. The van der Waals surface area contributed by atoms with Crippen LogP contribution in [0.15, 0.2) is 42.5 Å². The summed E-state index contributed by atoms with van der Waals surface area (Å²) in [6.45, 7) is 1.99. The van der Waals surface area contributed by atoms with Gasteiger partial charge in [0.05, 0.1) is 5.56 Å². The zero-order chi connectivity index (χ0) is 13.1. The minimum absolute atomic E-state index is 0.106. The van der Waals surface area contributed by atoms with Gasteiger partial charge in [0, 0.05) is 14.3 Å². The first kappa shape index (κ1) is 13.4. The number of carbonyl (C=O) groups excluding carboxylic acids is 1. The molecule has 0 fully saturated rings. The molecule has 2 rings (SSSR count). The summed E-state index contributed by atoms with van der Waals surface area (Å²) in [6.07, 6.45) is 0. The van der Waals surface area contributed by atoms with Crippen LogP contribution in [0.4, 0.5) is 5.69 Å². The van der Waals surface area contributed by atoms with Crippen molar-refractivity contribution in [3.63, 3.8) is 0 Å². The van der Waals surface area contributed by atoms with E-state index >= 15 is 0 Å². The normalized spacial score (nSPS) is 10.2. The molecular formula is C14H11ClINO. The van der Waals surface area contributed by atoms with Gasteiger partial charge in [-0.1, -0.05) is 23.7 Å². The number of hydrogen-bond donors (Lipinski definition) is 1. The summed E-state index contributed by atoms with van der Waals surface area (Å²) in [7, 11) is 0. The Bertz CT molecular complexity index is 581. The molecule has 0 aliphatic heterocycles. The van der Waals surface area contributed by atoms with Crippen LogP contribution in [0.1, 0.15) is 15.9 Å². The number of carbonyl (C=O) groups is 1. The number of rotatable bonds is 2. The number of amides is 1. The molecule has 2 aromatic carbocycles. The Kier molecular flexibility index (Phi) is 4.24. The topological polar surface area (TPSA) is 29.1 Å². The van der Waals surface area contributed by atoms with Gasteiger partial charge >= 0.3 is 0 Å². The molecule has 2 nitrogen and oxygen atoms in total. The first-order chi connectivity index (χ1) is 8.58. The van der Waals surface area contributed by atoms with Crippen LogP contribution < -0.4 is 5.32 Å². The quantitative estimate of drug-likeness (QED) is 0.774. The maximum absolute atomic E-state index is 12.1. The molecule has 0 saturated carbocycles. The van der Waals surface area contributed by atoms with Crippen LogP contribution in [0.3, 0.4) is 0 Å². The van der Waals surface area contributed by atoms with Crippen molar-refractivity contribution in [3.8, 4) is 0 Å². The van der Waals surface area contributed by atoms with Gasteiger partial charge in [-0.3, -0.25) is 4.79 Å². The lowest BCUT2D eigenvalue weighted by Gasteiger charge is -2.08. The van der Waals surface area contributed by atoms with Gasteiger partial charge in [0.15, 0.2) is 0 Å². The lowest BCUT2D eigenvalue weighted by atomic mass is 10.1. The molecule has 18 heavy (non-hydrogen) atoms. The molecule has 4 heteroatoms. The molecule has 0 bridgehead atoms. The number of anilines is 1. The van der Waals surface area contributed by atoms with E-state index in [1.54, 1.807) is 24.3 Å². The van der Waals surface area contributed by atoms with Gasteiger partial charge in [-0.25, -0.2) is 0 Å². The van der Waals surface area contributed by atoms with Crippen LogP contribution in [0.5, 0.6) is 0 Å². The third kappa shape index (κ3) is 3.03. The summed E-state index contributed by atoms with van der Waals surface area (Å²) < 4.78 is 0.974. The standard InChI is InChI=1S/C14H11ClINO/c1-9-3-2-4-12(13(9)16)14(18)17-11-7-5-10(15)6-8-11/h2-8H,1H3,(H,17,18). The molecule has 0 aliphatic rings. The lowest BCUT2D eigenvalue weighted by molar-refractivity contribution is 0.102. The summed E-state index contributed by atoms with van der Waals surface area (Å²) in [5, 5.41) is 3.50. The molecule has 1 N–H and O–H groups in total. The molecule has 0 saturated heterocycles. The van der Waals surface area contributed by atoms with E-state index in [0.29, 0.717) is 10.6 Å². The molecule has 0 spiro atoms. The molecule has 0 aliphatic carbocycles. The highest BCUT2D eigenvalue weighted by Gasteiger charge is 2.11. The predicted octanol–water partition coefficient (Wildman–Crippen LogP) is 4.51. The maximum Gasteiger partial charge on any atom is 0.256 e. The second kappa shape index (κ2) is 5.71. The van der Waals surface area contributed by atoms with E-state index in [4.69, 9.17) is 11.6 Å². The van der Waals surface area contributed by atoms with Crippen LogP contribution in [-0.4, -0.2) is 5.91 Å². The fourth-order valence-electron chi connectivity index (χ4n) is 1.55. The van der Waals surface area contributed by atoms with Gasteiger partial charge in [-0.05, 0) is 65.4 Å². The van der Waals surface area contributed by atoms with E-state index in [1.165, 1.54) is 0 Å². The van der Waals surface area contributed by atoms with Crippen LogP contribution >= 0.6 is 34.2 Å². The zero-order valence-corrected chi connectivity index (χ0v) is 12.6. The average Bonchev–Trinajstić information content (AvgIpc) is 2.35. The average molecular weight is 372 g/mol. The molecule has 0 atom stereocenters. The smallest absolute Gasteiger partial charge is 0.256 e. The Balaban J connectivity index is 2.22. The van der Waals surface area contributed by atoms with Crippen molar-refractivity contribution in [2.75, 3.05) is 5.32 Å². The van der Waals surface area contributed by atoms with E-state index in [0.717, 1.165) is 14.8 Å². The number of halogens is 2. The molecule has 0 heterocycles. The number of benzene rings is 2. The van der Waals surface area contributed by atoms with Gasteiger partial charge in [-0.2, -0.15) is 0 Å². The van der Waals surface area contributed by atoms with Crippen molar-refractivity contribution < 1.29 is 4.79 Å². The number of aryl methyl sites for hydroxylation is 1. The molecule has 0 aromatic heterocycles. The summed E-state index contributed by atoms with van der Waals surface area (Å²) in [6, 6.07) is 12.7. The van der Waals surface area contributed by atoms with Crippen LogP contribution in [0.25, 0.3) is 0 Å². The predicted molar refractivity (Wildman–Crippen MR) is 83.3 cm³/mol. The Labute approximate surface area is 124 Å². The van der Waals surface area contributed by atoms with E-state index in [1.807, 2.05) is 25.1 Å². The molecular weight excluding hydrogens is 361 g/mol. The molecule has 0 radical (unpaired) electrons. The van der Waals surface area contributed by atoms with Crippen LogP contribution in [-0.2, 0) is 0 Å². The highest BCUT2D eigenvalue weighted by Crippen LogP contribution is 2.19. The molecule has 1 amide bonds. The Hall–Kier alpha value is -1.07. The van der Waals surface area contributed by atoms with E-state index < -0.39 is 0 Å². The van der Waals surface area contributed by atoms with Crippen molar-refractivity contribution in [3.05, 3.63) is 62.2 Å². The first-order valence-electron chi connectivity index (χ1n) is 5.40. The lowest BCUT2D eigenvalue weighted by Crippen LogP contribution is -2.13. The second-order valence-corrected chi connectivity index (χ2v) is 5.41. The third-order valence-corrected chi connectivity index (χ3v) is 4.22. The van der Waals surface area contributed by atoms with Crippen molar-refractivity contribution in [1.82, 2.24) is 0 Å². The minimum Gasteiger partial charge on any atom is -0.322 e. The second-order valence-electron chi connectivity index (χ2n) is 3.90. The third-order valence-electron chi connectivity index (χ3n) is 2.54. The van der Waals surface area contributed by atoms with Gasteiger partial charge in [0.2, 0.25) is 0 Å². The van der Waals surface area contributed by atoms with Gasteiger partial charge in [0.25, 0.3) is 5.91 Å². The van der Waals surface area contributed by atoms with Crippen molar-refractivity contribution >= 4 is 45.8 Å². The molecule has 92 valence electrons. The van der Waals surface area contributed by atoms with Crippen molar-refractivity contribution in [2.45, 2.75) is 6.92 Å². The van der Waals surface area contributed by atoms with Gasteiger partial charge in [0.1, 0.15) is 0 Å². The minimum atomic E-state index is -0.106. The van der Waals surface area contributed by atoms with Crippen molar-refractivity contribution in [1.29, 1.82) is 0 Å². The molecule has 0 unspecified atom stereocenters. The molecule has 2 aromatic rings. The monoisotopic (exact) mass is 371 g/mol. The van der Waals surface area contributed by atoms with E-state index in [9.17, 15) is 4.79 Å². The maximum atomic E-state index is 12.1. The van der Waals surface area contributed by atoms with E-state index in [2.05, 4.69) is 27.9 Å². The Morgan fingerprint density at radius 3 is 2.50 bits per heavy atom. The Morgan fingerprint density at radius 2 is 1.83 bits per heavy atom. The highest BCUT2D eigenvalue weighted by molar-refractivity contribution is 14.1. The fraction of sp³-hybridized carbons (Fsp3) is 0.0714. The summed E-state index contributed by atoms with van der Waals surface area (Å²) >= 11 is 7.98. The fourth-order valence-corrected chi connectivity index (χ4v) is 2.28. The van der Waals surface area contributed by atoms with Crippen molar-refractivity contribution in [2.24, 2.45) is 0 Å². The highest BCUT2D eigenvalue weighted by atomic mass is 127. The van der Waals surface area contributed by atoms with Gasteiger partial charge < -0.3 is 5.32 Å². The number of nitrogens with one attached hydrogen (secondary N) is 1. The van der Waals surface area contributed by atoms with Crippen LogP contribution in [0.2, 0.25) is 5.02 Å². The van der Waals surface area contributed by atoms with Gasteiger partial charge in [-0.15, -0.1) is 0 Å². The van der Waals surface area contributed by atoms with Crippen LogP contribution in [0, 0.1) is 10.5 Å². The number of hydrogen-bond acceptors (Lipinski definition) is 1. The van der Waals surface area contributed by atoms with E-state index in [-0.39, 0.29) is 5.91 Å². The summed E-state index contributed by atoms with van der Waals surface area (Å²) in [4.78, 5) is 12.1.